The molecule has 3 rings (SSSR count). The molecule has 1 amide bonds. The highest BCUT2D eigenvalue weighted by atomic mass is 32.2. The number of benzene rings is 1. The molecule has 0 fully saturated rings. The van der Waals surface area contributed by atoms with Gasteiger partial charge in [-0.2, -0.15) is 5.10 Å². The Morgan fingerprint density at radius 2 is 2.12 bits per heavy atom. The van der Waals surface area contributed by atoms with E-state index in [-0.39, 0.29) is 11.7 Å². The number of nitrogens with one attached hydrogen (secondary N) is 1. The summed E-state index contributed by atoms with van der Waals surface area (Å²) in [6, 6.07) is 9.91. The maximum Gasteiger partial charge on any atom is 0.236 e. The van der Waals surface area contributed by atoms with Gasteiger partial charge in [-0.3, -0.25) is 9.48 Å². The van der Waals surface area contributed by atoms with Crippen LogP contribution in [-0.4, -0.2) is 36.2 Å². The van der Waals surface area contributed by atoms with Crippen molar-refractivity contribution in [1.82, 2.24) is 24.5 Å². The first-order chi connectivity index (χ1) is 12.1. The van der Waals surface area contributed by atoms with Gasteiger partial charge in [0.1, 0.15) is 0 Å². The highest BCUT2D eigenvalue weighted by Crippen LogP contribution is 2.24. The van der Waals surface area contributed by atoms with E-state index in [1.165, 1.54) is 17.3 Å². The molecule has 1 N–H and O–H groups in total. The predicted molar refractivity (Wildman–Crippen MR) is 98.4 cm³/mol. The first kappa shape index (κ1) is 17.2. The minimum atomic E-state index is -0.119. The van der Waals surface area contributed by atoms with E-state index in [0.717, 1.165) is 23.1 Å². The second-order valence-electron chi connectivity index (χ2n) is 5.63. The van der Waals surface area contributed by atoms with Gasteiger partial charge in [-0.05, 0) is 19.9 Å². The van der Waals surface area contributed by atoms with Crippen molar-refractivity contribution in [3.05, 3.63) is 42.1 Å². The van der Waals surface area contributed by atoms with E-state index in [0.29, 0.717) is 5.82 Å². The third-order valence-electron chi connectivity index (χ3n) is 3.62. The standard InChI is InChI=1S/C17H20N6OS/c1-4-23-16(13-7-5-6-12(2)10-13)19-20-17(23)25-11-15(24)18-14-8-9-22(3)21-14/h5-10H,4,11H2,1-3H3,(H,18,21,24). The average Bonchev–Trinajstić information content (AvgIpc) is 3.18. The summed E-state index contributed by atoms with van der Waals surface area (Å²) in [5.74, 6) is 1.50. The van der Waals surface area contributed by atoms with Crippen LogP contribution in [0.2, 0.25) is 0 Å². The maximum atomic E-state index is 12.1. The topological polar surface area (TPSA) is 77.6 Å². The summed E-state index contributed by atoms with van der Waals surface area (Å²) in [7, 11) is 1.81. The van der Waals surface area contributed by atoms with Crippen LogP contribution in [0.1, 0.15) is 12.5 Å². The van der Waals surface area contributed by atoms with Crippen LogP contribution >= 0.6 is 11.8 Å². The molecule has 0 saturated heterocycles. The van der Waals surface area contributed by atoms with Gasteiger partial charge in [0.2, 0.25) is 5.91 Å². The van der Waals surface area contributed by atoms with Gasteiger partial charge in [-0.25, -0.2) is 0 Å². The first-order valence-electron chi connectivity index (χ1n) is 7.99. The molecule has 25 heavy (non-hydrogen) atoms. The summed E-state index contributed by atoms with van der Waals surface area (Å²) in [5.41, 5.74) is 2.20. The molecule has 0 bridgehead atoms. The highest BCUT2D eigenvalue weighted by Gasteiger charge is 2.15. The number of anilines is 1. The van der Waals surface area contributed by atoms with E-state index >= 15 is 0 Å². The Balaban J connectivity index is 1.69. The van der Waals surface area contributed by atoms with Gasteiger partial charge in [0.25, 0.3) is 0 Å². The summed E-state index contributed by atoms with van der Waals surface area (Å²) in [4.78, 5) is 12.1. The molecule has 0 aliphatic heterocycles. The summed E-state index contributed by atoms with van der Waals surface area (Å²) >= 11 is 1.37. The van der Waals surface area contributed by atoms with Crippen molar-refractivity contribution in [1.29, 1.82) is 0 Å². The van der Waals surface area contributed by atoms with E-state index < -0.39 is 0 Å². The van der Waals surface area contributed by atoms with Crippen molar-refractivity contribution in [2.45, 2.75) is 25.5 Å². The number of nitrogens with zero attached hydrogens (tertiary/aromatic N) is 5. The number of thioether (sulfide) groups is 1. The van der Waals surface area contributed by atoms with Gasteiger partial charge in [-0.1, -0.05) is 35.5 Å². The number of aryl methyl sites for hydroxylation is 2. The second kappa shape index (κ2) is 7.52. The zero-order valence-corrected chi connectivity index (χ0v) is 15.2. The number of aromatic nitrogens is 5. The zero-order valence-electron chi connectivity index (χ0n) is 14.4. The Hall–Kier alpha value is -2.61. The van der Waals surface area contributed by atoms with Crippen LogP contribution < -0.4 is 5.32 Å². The smallest absolute Gasteiger partial charge is 0.236 e. The Labute approximate surface area is 150 Å². The molecule has 0 aliphatic rings. The SMILES string of the molecule is CCn1c(SCC(=O)Nc2ccn(C)n2)nnc1-c1cccc(C)c1. The van der Waals surface area contributed by atoms with Gasteiger partial charge in [0.05, 0.1) is 5.75 Å². The van der Waals surface area contributed by atoms with Crippen molar-refractivity contribution in [3.63, 3.8) is 0 Å². The summed E-state index contributed by atoms with van der Waals surface area (Å²) in [6.45, 7) is 4.83. The molecule has 0 unspecified atom stereocenters. The van der Waals surface area contributed by atoms with Gasteiger partial charge in [0.15, 0.2) is 16.8 Å². The molecule has 7 nitrogen and oxygen atoms in total. The average molecular weight is 356 g/mol. The molecule has 2 heterocycles. The van der Waals surface area contributed by atoms with Crippen LogP contribution in [0, 0.1) is 6.92 Å². The highest BCUT2D eigenvalue weighted by molar-refractivity contribution is 7.99. The number of rotatable bonds is 6. The fraction of sp³-hybridized carbons (Fsp3) is 0.294. The second-order valence-corrected chi connectivity index (χ2v) is 6.57. The summed E-state index contributed by atoms with van der Waals surface area (Å²) < 4.78 is 3.66. The van der Waals surface area contributed by atoms with Gasteiger partial charge in [0, 0.05) is 31.4 Å². The molecule has 0 aliphatic carbocycles. The maximum absolute atomic E-state index is 12.1. The van der Waals surface area contributed by atoms with Crippen LogP contribution in [0.25, 0.3) is 11.4 Å². The molecule has 8 heteroatoms. The van der Waals surface area contributed by atoms with Crippen LogP contribution in [0.3, 0.4) is 0 Å². The van der Waals surface area contributed by atoms with E-state index in [9.17, 15) is 4.79 Å². The van der Waals surface area contributed by atoms with Gasteiger partial charge >= 0.3 is 0 Å². The zero-order chi connectivity index (χ0) is 17.8. The minimum Gasteiger partial charge on any atom is -0.308 e. The molecule has 0 spiro atoms. The lowest BCUT2D eigenvalue weighted by molar-refractivity contribution is -0.113. The molecular formula is C17H20N6OS. The lowest BCUT2D eigenvalue weighted by Gasteiger charge is -2.07. The van der Waals surface area contributed by atoms with Gasteiger partial charge in [-0.15, -0.1) is 10.2 Å². The fourth-order valence-corrected chi connectivity index (χ4v) is 3.27. The molecule has 1 aromatic carbocycles. The monoisotopic (exact) mass is 356 g/mol. The van der Waals surface area contributed by atoms with Crippen molar-refractivity contribution >= 4 is 23.5 Å². The Morgan fingerprint density at radius 1 is 1.28 bits per heavy atom. The van der Waals surface area contributed by atoms with Crippen molar-refractivity contribution in [2.24, 2.45) is 7.05 Å². The Morgan fingerprint density at radius 3 is 2.80 bits per heavy atom. The van der Waals surface area contributed by atoms with E-state index in [1.54, 1.807) is 24.0 Å². The first-order valence-corrected chi connectivity index (χ1v) is 8.98. The number of amides is 1. The summed E-state index contributed by atoms with van der Waals surface area (Å²) in [6.07, 6.45) is 1.78. The Bertz CT molecular complexity index is 885. The van der Waals surface area contributed by atoms with Crippen LogP contribution in [-0.2, 0) is 18.4 Å². The minimum absolute atomic E-state index is 0.119. The van der Waals surface area contributed by atoms with Crippen molar-refractivity contribution < 1.29 is 4.79 Å². The third kappa shape index (κ3) is 4.08. The third-order valence-corrected chi connectivity index (χ3v) is 4.59. The lowest BCUT2D eigenvalue weighted by Crippen LogP contribution is -2.15. The molecule has 130 valence electrons. The largest absolute Gasteiger partial charge is 0.308 e. The lowest BCUT2D eigenvalue weighted by atomic mass is 10.1. The number of carbonyl (C=O) groups excluding carboxylic acids is 1. The van der Waals surface area contributed by atoms with Crippen molar-refractivity contribution in [3.8, 4) is 11.4 Å². The number of carbonyl (C=O) groups is 1. The molecular weight excluding hydrogens is 336 g/mol. The molecule has 0 saturated carbocycles. The van der Waals surface area contributed by atoms with Gasteiger partial charge < -0.3 is 9.88 Å². The molecule has 2 aromatic heterocycles. The van der Waals surface area contributed by atoms with E-state index in [2.05, 4.69) is 26.7 Å². The molecule has 0 atom stereocenters. The van der Waals surface area contributed by atoms with E-state index in [1.807, 2.05) is 36.6 Å². The Kier molecular flexibility index (Phi) is 5.18. The summed E-state index contributed by atoms with van der Waals surface area (Å²) in [5, 5.41) is 16.2. The number of hydrogen-bond acceptors (Lipinski definition) is 5. The van der Waals surface area contributed by atoms with Crippen LogP contribution in [0.4, 0.5) is 5.82 Å². The normalized spacial score (nSPS) is 10.8. The van der Waals surface area contributed by atoms with Crippen LogP contribution in [0.15, 0.2) is 41.7 Å². The van der Waals surface area contributed by atoms with Crippen molar-refractivity contribution in [2.75, 3.05) is 11.1 Å². The predicted octanol–water partition coefficient (Wildman–Crippen LogP) is 2.74. The number of hydrogen-bond donors (Lipinski definition) is 1. The van der Waals surface area contributed by atoms with Crippen LogP contribution in [0.5, 0.6) is 0 Å². The molecule has 3 aromatic rings. The fourth-order valence-electron chi connectivity index (χ4n) is 2.47. The quantitative estimate of drug-likeness (QED) is 0.687. The molecule has 0 radical (unpaired) electrons. The van der Waals surface area contributed by atoms with E-state index in [4.69, 9.17) is 0 Å².